The van der Waals surface area contributed by atoms with E-state index in [1.54, 1.807) is 6.92 Å². The third-order valence-electron chi connectivity index (χ3n) is 1.33. The summed E-state index contributed by atoms with van der Waals surface area (Å²) in [5.74, 6) is -0.971. The van der Waals surface area contributed by atoms with Crippen molar-refractivity contribution < 1.29 is 9.90 Å². The standard InChI is InChI=1S/C6H6BrNO2S/c1-2-3(8)4(6(9)10)11-5(2)7/h8H2,1H3,(H,9,10). The molecule has 0 bridgehead atoms. The lowest BCUT2D eigenvalue weighted by Crippen LogP contribution is -1.97. The molecule has 1 heterocycles. The molecule has 0 aliphatic rings. The molecule has 5 heteroatoms. The fourth-order valence-electron chi connectivity index (χ4n) is 0.656. The third-order valence-corrected chi connectivity index (χ3v) is 3.49. The molecule has 0 aromatic carbocycles. The van der Waals surface area contributed by atoms with E-state index in [0.717, 1.165) is 20.7 Å². The summed E-state index contributed by atoms with van der Waals surface area (Å²) in [6, 6.07) is 0. The molecule has 0 unspecified atom stereocenters. The van der Waals surface area contributed by atoms with Gasteiger partial charge >= 0.3 is 5.97 Å². The topological polar surface area (TPSA) is 63.3 Å². The monoisotopic (exact) mass is 235 g/mol. The molecule has 0 aliphatic carbocycles. The number of nitrogen functional groups attached to an aromatic ring is 1. The fraction of sp³-hybridized carbons (Fsp3) is 0.167. The molecule has 0 radical (unpaired) electrons. The van der Waals surface area contributed by atoms with Crippen LogP contribution >= 0.6 is 27.3 Å². The molecule has 1 aromatic heterocycles. The Balaban J connectivity index is 3.29. The van der Waals surface area contributed by atoms with Gasteiger partial charge in [0, 0.05) is 0 Å². The summed E-state index contributed by atoms with van der Waals surface area (Å²) in [7, 11) is 0. The molecule has 1 aromatic rings. The highest BCUT2D eigenvalue weighted by Crippen LogP contribution is 2.34. The van der Waals surface area contributed by atoms with Crippen molar-refractivity contribution in [3.05, 3.63) is 14.2 Å². The van der Waals surface area contributed by atoms with Crippen molar-refractivity contribution in [2.75, 3.05) is 5.73 Å². The zero-order valence-electron chi connectivity index (χ0n) is 5.72. The van der Waals surface area contributed by atoms with Crippen LogP contribution in [0, 0.1) is 6.92 Å². The van der Waals surface area contributed by atoms with Gasteiger partial charge in [-0.05, 0) is 28.4 Å². The van der Waals surface area contributed by atoms with Crippen LogP contribution in [0.3, 0.4) is 0 Å². The predicted molar refractivity (Wildman–Crippen MR) is 48.1 cm³/mol. The Morgan fingerprint density at radius 1 is 1.73 bits per heavy atom. The lowest BCUT2D eigenvalue weighted by atomic mass is 10.3. The van der Waals surface area contributed by atoms with Crippen molar-refractivity contribution >= 4 is 38.9 Å². The smallest absolute Gasteiger partial charge is 0.348 e. The summed E-state index contributed by atoms with van der Waals surface area (Å²) >= 11 is 4.35. The van der Waals surface area contributed by atoms with Gasteiger partial charge in [-0.2, -0.15) is 0 Å². The van der Waals surface area contributed by atoms with Crippen LogP contribution in [0.2, 0.25) is 0 Å². The highest BCUT2D eigenvalue weighted by atomic mass is 79.9. The van der Waals surface area contributed by atoms with Gasteiger partial charge in [0.1, 0.15) is 4.88 Å². The SMILES string of the molecule is Cc1c(Br)sc(C(=O)O)c1N. The predicted octanol–water partition coefficient (Wildman–Crippen LogP) is 2.10. The zero-order valence-corrected chi connectivity index (χ0v) is 8.12. The second kappa shape index (κ2) is 2.83. The Morgan fingerprint density at radius 2 is 2.27 bits per heavy atom. The van der Waals surface area contributed by atoms with E-state index in [9.17, 15) is 4.79 Å². The number of carboxylic acid groups (broad SMARTS) is 1. The Bertz CT molecular complexity index is 308. The van der Waals surface area contributed by atoms with Crippen molar-refractivity contribution in [1.29, 1.82) is 0 Å². The van der Waals surface area contributed by atoms with Gasteiger partial charge in [-0.25, -0.2) is 4.79 Å². The normalized spacial score (nSPS) is 10.0. The van der Waals surface area contributed by atoms with Crippen molar-refractivity contribution in [1.82, 2.24) is 0 Å². The van der Waals surface area contributed by atoms with E-state index < -0.39 is 5.97 Å². The minimum atomic E-state index is -0.971. The Labute approximate surface area is 76.0 Å². The van der Waals surface area contributed by atoms with Crippen molar-refractivity contribution in [3.63, 3.8) is 0 Å². The van der Waals surface area contributed by atoms with Crippen LogP contribution in [0.25, 0.3) is 0 Å². The van der Waals surface area contributed by atoms with Gasteiger partial charge in [-0.1, -0.05) is 0 Å². The maximum atomic E-state index is 10.5. The summed E-state index contributed by atoms with van der Waals surface area (Å²) < 4.78 is 0.785. The van der Waals surface area contributed by atoms with Crippen LogP contribution in [-0.4, -0.2) is 11.1 Å². The molecule has 0 atom stereocenters. The summed E-state index contributed by atoms with van der Waals surface area (Å²) in [5.41, 5.74) is 6.66. The van der Waals surface area contributed by atoms with E-state index >= 15 is 0 Å². The number of aromatic carboxylic acids is 1. The summed E-state index contributed by atoms with van der Waals surface area (Å²) in [4.78, 5) is 10.7. The number of hydrogen-bond acceptors (Lipinski definition) is 3. The van der Waals surface area contributed by atoms with Crippen LogP contribution < -0.4 is 5.73 Å². The molecule has 0 aliphatic heterocycles. The van der Waals surface area contributed by atoms with Crippen LogP contribution in [0.1, 0.15) is 15.2 Å². The van der Waals surface area contributed by atoms with Gasteiger partial charge in [0.15, 0.2) is 0 Å². The fourth-order valence-corrected chi connectivity index (χ4v) is 2.15. The molecule has 0 fully saturated rings. The largest absolute Gasteiger partial charge is 0.477 e. The van der Waals surface area contributed by atoms with Crippen LogP contribution in [0.15, 0.2) is 3.79 Å². The molecule has 0 saturated heterocycles. The number of rotatable bonds is 1. The number of halogens is 1. The Hall–Kier alpha value is -0.550. The van der Waals surface area contributed by atoms with E-state index in [4.69, 9.17) is 10.8 Å². The first-order valence-corrected chi connectivity index (χ1v) is 4.42. The van der Waals surface area contributed by atoms with Crippen LogP contribution in [0.5, 0.6) is 0 Å². The first kappa shape index (κ1) is 8.55. The maximum absolute atomic E-state index is 10.5. The molecule has 0 saturated carbocycles. The lowest BCUT2D eigenvalue weighted by Gasteiger charge is -1.90. The van der Waals surface area contributed by atoms with E-state index in [2.05, 4.69) is 15.9 Å². The molecular formula is C6H6BrNO2S. The van der Waals surface area contributed by atoms with E-state index in [1.165, 1.54) is 0 Å². The van der Waals surface area contributed by atoms with Crippen LogP contribution in [-0.2, 0) is 0 Å². The molecular weight excluding hydrogens is 230 g/mol. The summed E-state index contributed by atoms with van der Waals surface area (Å²) in [5, 5.41) is 8.61. The lowest BCUT2D eigenvalue weighted by molar-refractivity contribution is 0.0703. The Kier molecular flexibility index (Phi) is 2.20. The van der Waals surface area contributed by atoms with Crippen molar-refractivity contribution in [2.24, 2.45) is 0 Å². The van der Waals surface area contributed by atoms with Gasteiger partial charge < -0.3 is 10.8 Å². The highest BCUT2D eigenvalue weighted by molar-refractivity contribution is 9.11. The molecule has 0 amide bonds. The number of thiophene rings is 1. The molecule has 3 nitrogen and oxygen atoms in total. The van der Waals surface area contributed by atoms with Gasteiger partial charge in [0.25, 0.3) is 0 Å². The van der Waals surface area contributed by atoms with Gasteiger partial charge in [0.2, 0.25) is 0 Å². The molecule has 1 rings (SSSR count). The first-order valence-electron chi connectivity index (χ1n) is 2.81. The van der Waals surface area contributed by atoms with Gasteiger partial charge in [-0.15, -0.1) is 11.3 Å². The van der Waals surface area contributed by atoms with Gasteiger partial charge in [0.05, 0.1) is 9.47 Å². The van der Waals surface area contributed by atoms with Crippen molar-refractivity contribution in [3.8, 4) is 0 Å². The van der Waals surface area contributed by atoms with E-state index in [-0.39, 0.29) is 4.88 Å². The number of anilines is 1. The average Bonchev–Trinajstić information content (AvgIpc) is 2.17. The summed E-state index contributed by atoms with van der Waals surface area (Å²) in [6.45, 7) is 1.78. The number of nitrogens with two attached hydrogens (primary N) is 1. The average molecular weight is 236 g/mol. The minimum Gasteiger partial charge on any atom is -0.477 e. The highest BCUT2D eigenvalue weighted by Gasteiger charge is 2.15. The molecule has 60 valence electrons. The third kappa shape index (κ3) is 1.39. The quantitative estimate of drug-likeness (QED) is 0.784. The minimum absolute atomic E-state index is 0.203. The molecule has 11 heavy (non-hydrogen) atoms. The molecule has 0 spiro atoms. The summed E-state index contributed by atoms with van der Waals surface area (Å²) in [6.07, 6.45) is 0. The van der Waals surface area contributed by atoms with E-state index in [1.807, 2.05) is 0 Å². The van der Waals surface area contributed by atoms with Crippen molar-refractivity contribution in [2.45, 2.75) is 6.92 Å². The number of carboxylic acids is 1. The zero-order chi connectivity index (χ0) is 8.59. The second-order valence-electron chi connectivity index (χ2n) is 2.05. The Morgan fingerprint density at radius 3 is 2.45 bits per heavy atom. The second-order valence-corrected chi connectivity index (χ2v) is 4.39. The first-order chi connectivity index (χ1) is 5.04. The molecule has 3 N–H and O–H groups in total. The van der Waals surface area contributed by atoms with E-state index in [0.29, 0.717) is 5.69 Å². The van der Waals surface area contributed by atoms with Gasteiger partial charge in [-0.3, -0.25) is 0 Å². The number of hydrogen-bond donors (Lipinski definition) is 2. The van der Waals surface area contributed by atoms with Crippen LogP contribution in [0.4, 0.5) is 5.69 Å². The maximum Gasteiger partial charge on any atom is 0.348 e. The number of carbonyl (C=O) groups is 1.